The van der Waals surface area contributed by atoms with Crippen molar-refractivity contribution in [2.45, 2.75) is 24.4 Å². The average Bonchev–Trinajstić information content (AvgIpc) is 2.66. The van der Waals surface area contributed by atoms with Crippen molar-refractivity contribution >= 4 is 25.6 Å². The van der Waals surface area contributed by atoms with Crippen LogP contribution in [0.5, 0.6) is 0 Å². The molecule has 0 radical (unpaired) electrons. The standard InChI is InChI=1S/C21H23O4PS/c1-16(27-19-12-8-7-11-18(19)13-22)20(17-9-5-4-6-10-17)26(23)24-14-21(2,3)15-25-26/h4-13,20H,1,14-15H2,2-3H3. The van der Waals surface area contributed by atoms with E-state index in [2.05, 4.69) is 6.58 Å². The van der Waals surface area contributed by atoms with Crippen LogP contribution in [0.3, 0.4) is 0 Å². The summed E-state index contributed by atoms with van der Waals surface area (Å²) in [6.07, 6.45) is 0.811. The van der Waals surface area contributed by atoms with Crippen LogP contribution in [0.1, 0.15) is 35.4 Å². The molecule has 27 heavy (non-hydrogen) atoms. The monoisotopic (exact) mass is 402 g/mol. The average molecular weight is 402 g/mol. The van der Waals surface area contributed by atoms with Crippen LogP contribution >= 0.6 is 19.4 Å². The first-order chi connectivity index (χ1) is 12.8. The molecular weight excluding hydrogens is 379 g/mol. The molecule has 1 saturated heterocycles. The van der Waals surface area contributed by atoms with Gasteiger partial charge in [0.25, 0.3) is 0 Å². The number of hydrogen-bond acceptors (Lipinski definition) is 5. The summed E-state index contributed by atoms with van der Waals surface area (Å²) in [4.78, 5) is 12.7. The second-order valence-electron chi connectivity index (χ2n) is 7.29. The van der Waals surface area contributed by atoms with E-state index >= 15 is 0 Å². The zero-order chi connectivity index (χ0) is 19.5. The van der Waals surface area contributed by atoms with Gasteiger partial charge in [-0.2, -0.15) is 0 Å². The van der Waals surface area contributed by atoms with Crippen LogP contribution in [0.2, 0.25) is 0 Å². The van der Waals surface area contributed by atoms with Gasteiger partial charge in [0.2, 0.25) is 0 Å². The Morgan fingerprint density at radius 2 is 1.70 bits per heavy atom. The maximum atomic E-state index is 13.6. The number of carbonyl (C=O) groups excluding carboxylic acids is 1. The van der Waals surface area contributed by atoms with Gasteiger partial charge in [0.15, 0.2) is 6.29 Å². The fraction of sp³-hybridized carbons (Fsp3) is 0.286. The van der Waals surface area contributed by atoms with Crippen LogP contribution in [-0.2, 0) is 13.6 Å². The van der Waals surface area contributed by atoms with Crippen LogP contribution in [0.25, 0.3) is 0 Å². The molecule has 4 nitrogen and oxygen atoms in total. The van der Waals surface area contributed by atoms with Crippen molar-refractivity contribution in [1.29, 1.82) is 0 Å². The van der Waals surface area contributed by atoms with Crippen molar-refractivity contribution in [2.24, 2.45) is 5.41 Å². The second kappa shape index (κ2) is 8.15. The molecule has 6 heteroatoms. The third-order valence-corrected chi connectivity index (χ3v) is 7.78. The lowest BCUT2D eigenvalue weighted by Gasteiger charge is -2.38. The Kier molecular flexibility index (Phi) is 6.07. The number of allylic oxidation sites excluding steroid dienone is 1. The Hall–Kier alpha value is -1.65. The summed E-state index contributed by atoms with van der Waals surface area (Å²) in [5.41, 5.74) is 0.592. The van der Waals surface area contributed by atoms with Crippen molar-refractivity contribution in [1.82, 2.24) is 0 Å². The topological polar surface area (TPSA) is 52.6 Å². The van der Waals surface area contributed by atoms with Crippen LogP contribution in [0.15, 0.2) is 71.0 Å². The van der Waals surface area contributed by atoms with E-state index in [1.165, 1.54) is 11.8 Å². The highest BCUT2D eigenvalue weighted by Crippen LogP contribution is 2.68. The molecule has 1 aliphatic rings. The summed E-state index contributed by atoms with van der Waals surface area (Å²) in [6, 6.07) is 16.7. The lowest BCUT2D eigenvalue weighted by molar-refractivity contribution is 0.0392. The molecule has 1 atom stereocenters. The van der Waals surface area contributed by atoms with E-state index in [-0.39, 0.29) is 5.41 Å². The summed E-state index contributed by atoms with van der Waals surface area (Å²) >= 11 is 1.33. The second-order valence-corrected chi connectivity index (χ2v) is 10.6. The van der Waals surface area contributed by atoms with Crippen LogP contribution in [-0.4, -0.2) is 19.5 Å². The summed E-state index contributed by atoms with van der Waals surface area (Å²) in [6.45, 7) is 8.91. The van der Waals surface area contributed by atoms with Gasteiger partial charge in [0.05, 0.1) is 13.2 Å². The van der Waals surface area contributed by atoms with Gasteiger partial charge in [-0.05, 0) is 11.6 Å². The van der Waals surface area contributed by atoms with E-state index in [0.29, 0.717) is 23.7 Å². The predicted octanol–water partition coefficient (Wildman–Crippen LogP) is 6.11. The highest BCUT2D eigenvalue weighted by atomic mass is 32.2. The van der Waals surface area contributed by atoms with Crippen LogP contribution in [0, 0.1) is 5.41 Å². The first-order valence-corrected chi connectivity index (χ1v) is 11.1. The van der Waals surface area contributed by atoms with Gasteiger partial charge in [0.1, 0.15) is 5.66 Å². The number of aldehydes is 1. The number of hydrogen-bond donors (Lipinski definition) is 0. The van der Waals surface area contributed by atoms with Crippen molar-refractivity contribution in [3.05, 3.63) is 77.2 Å². The van der Waals surface area contributed by atoms with Crippen LogP contribution < -0.4 is 0 Å². The fourth-order valence-corrected chi connectivity index (χ4v) is 6.58. The Bertz CT molecular complexity index is 865. The Morgan fingerprint density at radius 1 is 1.11 bits per heavy atom. The quantitative estimate of drug-likeness (QED) is 0.331. The van der Waals surface area contributed by atoms with Gasteiger partial charge >= 0.3 is 7.60 Å². The molecule has 0 bridgehead atoms. The predicted molar refractivity (Wildman–Crippen MR) is 109 cm³/mol. The molecule has 3 rings (SSSR count). The van der Waals surface area contributed by atoms with Crippen molar-refractivity contribution < 1.29 is 18.4 Å². The Labute approximate surface area is 164 Å². The Balaban J connectivity index is 1.94. The SMILES string of the molecule is C=C(Sc1ccccc1C=O)C(c1ccccc1)P1(=O)OCC(C)(C)CO1. The van der Waals surface area contributed by atoms with E-state index in [0.717, 1.165) is 16.7 Å². The van der Waals surface area contributed by atoms with Crippen LogP contribution in [0.4, 0.5) is 0 Å². The molecule has 2 aromatic rings. The molecule has 0 aliphatic carbocycles. The third kappa shape index (κ3) is 4.61. The zero-order valence-electron chi connectivity index (χ0n) is 15.5. The first-order valence-electron chi connectivity index (χ1n) is 8.69. The minimum atomic E-state index is -3.45. The summed E-state index contributed by atoms with van der Waals surface area (Å²) in [5, 5.41) is 0. The van der Waals surface area contributed by atoms with Gasteiger partial charge in [0, 0.05) is 20.8 Å². The molecular formula is C21H23O4PS. The lowest BCUT2D eigenvalue weighted by Crippen LogP contribution is -2.30. The first kappa shape index (κ1) is 20.1. The smallest absolute Gasteiger partial charge is 0.307 e. The highest BCUT2D eigenvalue weighted by molar-refractivity contribution is 8.03. The molecule has 1 unspecified atom stereocenters. The van der Waals surface area contributed by atoms with E-state index in [4.69, 9.17) is 9.05 Å². The maximum absolute atomic E-state index is 13.6. The molecule has 0 N–H and O–H groups in total. The maximum Gasteiger partial charge on any atom is 0.343 e. The van der Waals surface area contributed by atoms with Gasteiger partial charge in [-0.25, -0.2) is 0 Å². The van der Waals surface area contributed by atoms with E-state index in [9.17, 15) is 9.36 Å². The number of benzene rings is 2. The largest absolute Gasteiger partial charge is 0.343 e. The number of thioether (sulfide) groups is 1. The number of rotatable bonds is 6. The molecule has 0 saturated carbocycles. The van der Waals surface area contributed by atoms with Crippen molar-refractivity contribution in [2.75, 3.05) is 13.2 Å². The van der Waals surface area contributed by atoms with Gasteiger partial charge < -0.3 is 9.05 Å². The summed E-state index contributed by atoms with van der Waals surface area (Å²) in [5.74, 6) is 0. The molecule has 1 heterocycles. The summed E-state index contributed by atoms with van der Waals surface area (Å²) < 4.78 is 25.2. The third-order valence-electron chi connectivity index (χ3n) is 4.29. The minimum Gasteiger partial charge on any atom is -0.307 e. The van der Waals surface area contributed by atoms with E-state index < -0.39 is 13.3 Å². The number of carbonyl (C=O) groups is 1. The highest BCUT2D eigenvalue weighted by Gasteiger charge is 2.45. The molecule has 0 spiro atoms. The molecule has 0 aromatic heterocycles. The molecule has 1 aliphatic heterocycles. The molecule has 0 amide bonds. The normalized spacial score (nSPS) is 19.2. The molecule has 2 aromatic carbocycles. The summed E-state index contributed by atoms with van der Waals surface area (Å²) in [7, 11) is -3.45. The fourth-order valence-electron chi connectivity index (χ4n) is 2.81. The van der Waals surface area contributed by atoms with E-state index in [1.54, 1.807) is 6.07 Å². The van der Waals surface area contributed by atoms with E-state index in [1.807, 2.05) is 62.4 Å². The van der Waals surface area contributed by atoms with Gasteiger partial charge in [-0.3, -0.25) is 9.36 Å². The van der Waals surface area contributed by atoms with Crippen molar-refractivity contribution in [3.63, 3.8) is 0 Å². The van der Waals surface area contributed by atoms with Gasteiger partial charge in [-0.15, -0.1) is 0 Å². The molecule has 142 valence electrons. The Morgan fingerprint density at radius 3 is 2.33 bits per heavy atom. The lowest BCUT2D eigenvalue weighted by atomic mass is 9.97. The van der Waals surface area contributed by atoms with Gasteiger partial charge in [-0.1, -0.05) is 80.7 Å². The zero-order valence-corrected chi connectivity index (χ0v) is 17.2. The van der Waals surface area contributed by atoms with Crippen molar-refractivity contribution in [3.8, 4) is 0 Å². The molecule has 1 fully saturated rings. The minimum absolute atomic E-state index is 0.187.